The van der Waals surface area contributed by atoms with E-state index in [1.165, 1.54) is 7.11 Å². The van der Waals surface area contributed by atoms with E-state index in [0.29, 0.717) is 24.5 Å². The quantitative estimate of drug-likeness (QED) is 0.0859. The number of ether oxygens (including phenoxy) is 1. The van der Waals surface area contributed by atoms with Gasteiger partial charge in [-0.15, -0.1) is 0 Å². The third-order valence-corrected chi connectivity index (χ3v) is 10.9. The Bertz CT molecular complexity index is 2150. The number of nitrogens with zero attached hydrogens (tertiary/aromatic N) is 5. The Morgan fingerprint density at radius 2 is 1.49 bits per heavy atom. The summed E-state index contributed by atoms with van der Waals surface area (Å²) in [6.45, 7) is 15.3. The minimum atomic E-state index is -1.25. The first-order valence-corrected chi connectivity index (χ1v) is 21.3. The van der Waals surface area contributed by atoms with Crippen molar-refractivity contribution in [1.29, 1.82) is 0 Å². The van der Waals surface area contributed by atoms with Crippen LogP contribution >= 0.6 is 0 Å². The van der Waals surface area contributed by atoms with Gasteiger partial charge in [0.15, 0.2) is 0 Å². The molecule has 1 aliphatic heterocycles. The molecule has 0 unspecified atom stereocenters. The number of aliphatic hydroxyl groups excluding tert-OH is 1. The lowest BCUT2D eigenvalue weighted by Gasteiger charge is -2.38. The first-order valence-electron chi connectivity index (χ1n) is 21.3. The number of urea groups is 1. The van der Waals surface area contributed by atoms with Gasteiger partial charge in [-0.05, 0) is 66.5 Å². The van der Waals surface area contributed by atoms with Gasteiger partial charge < -0.3 is 35.4 Å². The fourth-order valence-corrected chi connectivity index (χ4v) is 7.62. The molecule has 5 N–H and O–H groups in total. The second-order valence-corrected chi connectivity index (χ2v) is 18.8. The van der Waals surface area contributed by atoms with Crippen molar-refractivity contribution in [3.8, 4) is 11.3 Å². The van der Waals surface area contributed by atoms with Crippen LogP contribution in [0.3, 0.4) is 0 Å². The van der Waals surface area contributed by atoms with Crippen molar-refractivity contribution in [3.63, 3.8) is 0 Å². The number of alkyl carbamates (subject to hydrolysis) is 1. The molecule has 0 bridgehead atoms. The highest BCUT2D eigenvalue weighted by Crippen LogP contribution is 2.29. The van der Waals surface area contributed by atoms with Gasteiger partial charge in [0.05, 0.1) is 42.9 Å². The number of methoxy groups -OCH3 is 1. The number of carbonyl (C=O) groups excluding carboxylic acids is 4. The van der Waals surface area contributed by atoms with E-state index in [-0.39, 0.29) is 32.1 Å². The number of hydrogen-bond donors (Lipinski definition) is 5. The minimum Gasteiger partial charge on any atom is -0.453 e. The van der Waals surface area contributed by atoms with Gasteiger partial charge in [0.25, 0.3) is 5.91 Å². The van der Waals surface area contributed by atoms with Gasteiger partial charge in [-0.2, -0.15) is 0 Å². The topological polar surface area (TPSA) is 190 Å². The predicted octanol–water partition coefficient (Wildman–Crippen LogP) is 5.42. The molecule has 5 amide bonds. The molecule has 3 heterocycles. The zero-order valence-electron chi connectivity index (χ0n) is 38.0. The molecule has 2 aromatic heterocycles. The zero-order valence-corrected chi connectivity index (χ0v) is 38.0. The Kier molecular flexibility index (Phi) is 15.7. The molecule has 4 atom stereocenters. The maximum absolute atomic E-state index is 14.7. The van der Waals surface area contributed by atoms with Crippen LogP contribution in [-0.2, 0) is 39.4 Å². The lowest BCUT2D eigenvalue weighted by Crippen LogP contribution is -2.61. The number of hydrogen-bond acceptors (Lipinski definition) is 10. The van der Waals surface area contributed by atoms with Crippen molar-refractivity contribution < 1.29 is 34.1 Å². The molecule has 2 aromatic carbocycles. The van der Waals surface area contributed by atoms with Crippen molar-refractivity contribution in [1.82, 2.24) is 40.8 Å². The van der Waals surface area contributed by atoms with Crippen molar-refractivity contribution in [2.24, 2.45) is 10.8 Å². The Hall–Kier alpha value is -5.90. The van der Waals surface area contributed by atoms with E-state index in [1.54, 1.807) is 53.1 Å². The van der Waals surface area contributed by atoms with Crippen LogP contribution in [0, 0.1) is 10.8 Å². The number of amides is 5. The Labute approximate surface area is 371 Å². The summed E-state index contributed by atoms with van der Waals surface area (Å²) in [5.74, 6) is -0.962. The molecule has 1 fully saturated rings. The van der Waals surface area contributed by atoms with Crippen LogP contribution in [0.15, 0.2) is 97.2 Å². The summed E-state index contributed by atoms with van der Waals surface area (Å²) in [6.07, 6.45) is -0.0505. The summed E-state index contributed by atoms with van der Waals surface area (Å²) < 4.78 is 4.83. The molecular weight excluding hydrogens is 801 g/mol. The van der Waals surface area contributed by atoms with E-state index in [4.69, 9.17) is 4.74 Å². The highest BCUT2D eigenvalue weighted by Gasteiger charge is 2.44. The van der Waals surface area contributed by atoms with E-state index in [9.17, 15) is 29.4 Å². The smallest absolute Gasteiger partial charge is 0.407 e. The maximum Gasteiger partial charge on any atom is 0.407 e. The fraction of sp³-hybridized carbons (Fsp3) is 0.458. The molecular formula is C48H64N8O7. The van der Waals surface area contributed by atoms with Crippen LogP contribution in [0.5, 0.6) is 0 Å². The number of aromatic nitrogens is 2. The summed E-state index contributed by atoms with van der Waals surface area (Å²) in [4.78, 5) is 67.4. The van der Waals surface area contributed by atoms with E-state index in [0.717, 1.165) is 22.4 Å². The third kappa shape index (κ3) is 13.3. The second kappa shape index (κ2) is 20.5. The van der Waals surface area contributed by atoms with Gasteiger partial charge in [-0.1, -0.05) is 108 Å². The first-order chi connectivity index (χ1) is 29.6. The van der Waals surface area contributed by atoms with Gasteiger partial charge in [-0.25, -0.2) is 14.6 Å². The van der Waals surface area contributed by atoms with E-state index in [2.05, 4.69) is 26.0 Å². The maximum atomic E-state index is 14.7. The standard InChI is InChI=1S/C48H64N8O7/c1-46(2,3)40(52-44(60)63-9)42(58)53-55(29-33-21-23-34(24-22-33)36-19-13-14-25-49-36)31-38(57)37(28-32-16-11-10-12-17-32)51-43(59)41(47(4,5)6)56-27-26-54(45(56)61)30-35-18-15-20-39(50-35)48(7,8)62/h10-25,37-38,40-41,57,62H,26-31H2,1-9H3,(H,51,59)(H,52,60)(H,53,58)/t37-,38-,40+,41+/m0/s1. The fourth-order valence-electron chi connectivity index (χ4n) is 7.62. The molecule has 1 saturated heterocycles. The third-order valence-electron chi connectivity index (χ3n) is 10.9. The van der Waals surface area contributed by atoms with Gasteiger partial charge in [0.1, 0.15) is 17.7 Å². The Balaban J connectivity index is 1.41. The molecule has 338 valence electrons. The van der Waals surface area contributed by atoms with Gasteiger partial charge >= 0.3 is 12.1 Å². The highest BCUT2D eigenvalue weighted by atomic mass is 16.5. The highest BCUT2D eigenvalue weighted by molar-refractivity contribution is 5.89. The minimum absolute atomic E-state index is 0.131. The number of benzene rings is 2. The Morgan fingerprint density at radius 1 is 0.810 bits per heavy atom. The average Bonchev–Trinajstić information content (AvgIpc) is 3.56. The second-order valence-electron chi connectivity index (χ2n) is 18.8. The number of nitrogens with one attached hydrogen (secondary N) is 3. The molecule has 15 heteroatoms. The SMILES string of the molecule is COC(=O)N[C@H](C(=O)NN(Cc1ccc(-c2ccccn2)cc1)C[C@H](O)[C@H](Cc1ccccc1)NC(=O)[C@@H](N1CCN(Cc2cccc(C(C)(C)O)n2)C1=O)C(C)(C)C)C(C)(C)C. The summed E-state index contributed by atoms with van der Waals surface area (Å²) in [7, 11) is 1.22. The summed E-state index contributed by atoms with van der Waals surface area (Å²) in [5.41, 5.74) is 4.83. The zero-order chi connectivity index (χ0) is 46.1. The van der Waals surface area contributed by atoms with Crippen LogP contribution in [0.2, 0.25) is 0 Å². The van der Waals surface area contributed by atoms with Crippen LogP contribution in [0.4, 0.5) is 9.59 Å². The first kappa shape index (κ1) is 48.1. The summed E-state index contributed by atoms with van der Waals surface area (Å²) >= 11 is 0. The molecule has 0 radical (unpaired) electrons. The molecule has 63 heavy (non-hydrogen) atoms. The van der Waals surface area contributed by atoms with Crippen molar-refractivity contribution in [2.45, 2.75) is 105 Å². The molecule has 0 saturated carbocycles. The number of rotatable bonds is 17. The largest absolute Gasteiger partial charge is 0.453 e. The number of carbonyl (C=O) groups is 4. The monoisotopic (exact) mass is 864 g/mol. The van der Waals surface area contributed by atoms with Crippen LogP contribution in [0.1, 0.15) is 77.9 Å². The average molecular weight is 865 g/mol. The van der Waals surface area contributed by atoms with Gasteiger partial charge in [0, 0.05) is 37.9 Å². The lowest BCUT2D eigenvalue weighted by atomic mass is 9.84. The number of pyridine rings is 2. The number of aliphatic hydroxyl groups is 2. The summed E-state index contributed by atoms with van der Waals surface area (Å²) in [6, 6.07) is 25.0. The summed E-state index contributed by atoms with van der Waals surface area (Å²) in [5, 5.41) is 30.1. The molecule has 1 aliphatic rings. The van der Waals surface area contributed by atoms with Gasteiger partial charge in [0.2, 0.25) is 5.91 Å². The van der Waals surface area contributed by atoms with Crippen molar-refractivity contribution in [3.05, 3.63) is 120 Å². The van der Waals surface area contributed by atoms with Crippen LogP contribution < -0.4 is 16.1 Å². The molecule has 15 nitrogen and oxygen atoms in total. The predicted molar refractivity (Wildman–Crippen MR) is 240 cm³/mol. The van der Waals surface area contributed by atoms with Gasteiger partial charge in [-0.3, -0.25) is 25.0 Å². The normalized spacial score (nSPS) is 15.4. The molecule has 4 aromatic rings. The Morgan fingerprint density at radius 3 is 2.10 bits per heavy atom. The molecule has 0 aliphatic carbocycles. The van der Waals surface area contributed by atoms with Crippen LogP contribution in [-0.4, -0.2) is 110 Å². The van der Waals surface area contributed by atoms with E-state index < -0.39 is 58.6 Å². The number of hydrazine groups is 1. The lowest BCUT2D eigenvalue weighted by molar-refractivity contribution is -0.133. The van der Waals surface area contributed by atoms with Crippen molar-refractivity contribution >= 4 is 23.9 Å². The van der Waals surface area contributed by atoms with Crippen LogP contribution in [0.25, 0.3) is 11.3 Å². The van der Waals surface area contributed by atoms with E-state index in [1.807, 2.05) is 114 Å². The molecule has 5 rings (SSSR count). The molecule has 0 spiro atoms. The van der Waals surface area contributed by atoms with Crippen molar-refractivity contribution in [2.75, 3.05) is 26.7 Å². The van der Waals surface area contributed by atoms with E-state index >= 15 is 0 Å².